The number of carbonyl (C=O) groups excluding carboxylic acids is 1. The molecule has 4 aromatic rings. The largest absolute Gasteiger partial charge is 0.351 e. The highest BCUT2D eigenvalue weighted by molar-refractivity contribution is 6.30. The van der Waals surface area contributed by atoms with Crippen molar-refractivity contribution >= 4 is 34.1 Å². The molecule has 3 N–H and O–H groups in total. The van der Waals surface area contributed by atoms with E-state index in [0.717, 1.165) is 33.5 Å². The lowest BCUT2D eigenvalue weighted by Crippen LogP contribution is -2.54. The molecule has 2 aromatic carbocycles. The first-order chi connectivity index (χ1) is 16.1. The summed E-state index contributed by atoms with van der Waals surface area (Å²) in [6, 6.07) is 15.2. The van der Waals surface area contributed by atoms with Gasteiger partial charge in [-0.2, -0.15) is 0 Å². The van der Waals surface area contributed by atoms with E-state index >= 15 is 0 Å². The van der Waals surface area contributed by atoms with Crippen LogP contribution in [0, 0.1) is 0 Å². The van der Waals surface area contributed by atoms with Crippen LogP contribution in [0.4, 0.5) is 5.82 Å². The molecule has 1 atom stereocenters. The molecule has 168 valence electrons. The molecule has 8 nitrogen and oxygen atoms in total. The molecule has 1 amide bonds. The van der Waals surface area contributed by atoms with Crippen molar-refractivity contribution in [3.63, 3.8) is 0 Å². The average molecular weight is 462 g/mol. The highest BCUT2D eigenvalue weighted by atomic mass is 35.5. The molecule has 0 bridgehead atoms. The van der Waals surface area contributed by atoms with Gasteiger partial charge in [0.1, 0.15) is 5.69 Å². The van der Waals surface area contributed by atoms with Crippen LogP contribution in [0.1, 0.15) is 5.69 Å². The van der Waals surface area contributed by atoms with Crippen LogP contribution in [0.15, 0.2) is 61.1 Å². The second-order valence-electron chi connectivity index (χ2n) is 8.12. The summed E-state index contributed by atoms with van der Waals surface area (Å²) >= 11 is 6.05. The molecule has 2 aromatic heterocycles. The minimum atomic E-state index is -0.587. The molecule has 0 spiro atoms. The zero-order chi connectivity index (χ0) is 22.8. The van der Waals surface area contributed by atoms with Crippen molar-refractivity contribution < 1.29 is 4.79 Å². The third kappa shape index (κ3) is 4.40. The highest BCUT2D eigenvalue weighted by Crippen LogP contribution is 2.32. The number of nitrogens with zero attached hydrogens (tertiary/aromatic N) is 5. The number of rotatable bonds is 5. The summed E-state index contributed by atoms with van der Waals surface area (Å²) < 4.78 is 0. The Kier molecular flexibility index (Phi) is 5.93. The van der Waals surface area contributed by atoms with E-state index < -0.39 is 6.04 Å². The monoisotopic (exact) mass is 461 g/mol. The van der Waals surface area contributed by atoms with Crippen LogP contribution in [0.5, 0.6) is 0 Å². The van der Waals surface area contributed by atoms with Crippen LogP contribution in [0.25, 0.3) is 22.0 Å². The van der Waals surface area contributed by atoms with Gasteiger partial charge in [0, 0.05) is 65.8 Å². The molecule has 0 aliphatic carbocycles. The first kappa shape index (κ1) is 21.4. The molecular weight excluding hydrogens is 438 g/mol. The summed E-state index contributed by atoms with van der Waals surface area (Å²) in [5.41, 5.74) is 8.81. The number of hydrogen-bond acceptors (Lipinski definition) is 6. The first-order valence-electron chi connectivity index (χ1n) is 10.9. The number of fused-ring (bicyclic) bond motifs is 1. The maximum absolute atomic E-state index is 12.8. The third-order valence-electron chi connectivity index (χ3n) is 5.99. The molecule has 1 aliphatic heterocycles. The number of nitrogens with two attached hydrogens (primary N) is 1. The highest BCUT2D eigenvalue weighted by Gasteiger charge is 2.27. The number of nitrogens with one attached hydrogen (secondary N) is 1. The summed E-state index contributed by atoms with van der Waals surface area (Å²) in [6.45, 7) is 2.51. The maximum Gasteiger partial charge on any atom is 0.240 e. The summed E-state index contributed by atoms with van der Waals surface area (Å²) in [4.78, 5) is 23.8. The molecule has 33 heavy (non-hydrogen) atoms. The summed E-state index contributed by atoms with van der Waals surface area (Å²) in [6.07, 6.45) is 3.73. The number of carbonyl (C=O) groups is 1. The predicted molar refractivity (Wildman–Crippen MR) is 129 cm³/mol. The van der Waals surface area contributed by atoms with Gasteiger partial charge in [0.25, 0.3) is 0 Å². The molecule has 5 rings (SSSR count). The smallest absolute Gasteiger partial charge is 0.240 e. The zero-order valence-corrected chi connectivity index (χ0v) is 18.7. The molecule has 1 saturated heterocycles. The van der Waals surface area contributed by atoms with E-state index in [2.05, 4.69) is 37.2 Å². The van der Waals surface area contributed by atoms with Crippen molar-refractivity contribution in [2.45, 2.75) is 12.5 Å². The lowest BCUT2D eigenvalue weighted by atomic mass is 10.0. The third-order valence-corrected chi connectivity index (χ3v) is 6.24. The Morgan fingerprint density at radius 3 is 2.45 bits per heavy atom. The van der Waals surface area contributed by atoms with Gasteiger partial charge in [-0.05, 0) is 12.1 Å². The summed E-state index contributed by atoms with van der Waals surface area (Å²) in [5.74, 6) is 0.787. The van der Waals surface area contributed by atoms with Crippen molar-refractivity contribution in [1.82, 2.24) is 25.1 Å². The Morgan fingerprint density at radius 2 is 1.76 bits per heavy atom. The SMILES string of the molecule is N[C@@H](Cc1cnc[nH]1)C(=O)N1CCN(c2nnc(-c3ccc(Cl)cc3)c3ccccc23)CC1. The molecule has 9 heteroatoms. The number of piperazine rings is 1. The normalized spacial score (nSPS) is 15.1. The van der Waals surface area contributed by atoms with Crippen LogP contribution in [0.2, 0.25) is 5.02 Å². The van der Waals surface area contributed by atoms with E-state index in [1.807, 2.05) is 41.3 Å². The van der Waals surface area contributed by atoms with E-state index in [4.69, 9.17) is 17.3 Å². The number of halogens is 1. The van der Waals surface area contributed by atoms with Gasteiger partial charge in [0.2, 0.25) is 5.91 Å². The first-order valence-corrected chi connectivity index (χ1v) is 11.3. The van der Waals surface area contributed by atoms with Gasteiger partial charge < -0.3 is 20.5 Å². The Bertz CT molecular complexity index is 1250. The van der Waals surface area contributed by atoms with Crippen molar-refractivity contribution in [1.29, 1.82) is 0 Å². The fourth-order valence-corrected chi connectivity index (χ4v) is 4.36. The average Bonchev–Trinajstić information content (AvgIpc) is 3.37. The predicted octanol–water partition coefficient (Wildman–Crippen LogP) is 2.89. The van der Waals surface area contributed by atoms with Crippen LogP contribution in [0.3, 0.4) is 0 Å². The number of amides is 1. The number of benzene rings is 2. The number of imidazole rings is 1. The number of hydrogen-bond donors (Lipinski definition) is 2. The number of aromatic nitrogens is 4. The van der Waals surface area contributed by atoms with Gasteiger partial charge in [0.05, 0.1) is 12.4 Å². The van der Waals surface area contributed by atoms with Gasteiger partial charge in [-0.1, -0.05) is 48.0 Å². The Morgan fingerprint density at radius 1 is 1.03 bits per heavy atom. The van der Waals surface area contributed by atoms with E-state index in [0.29, 0.717) is 37.6 Å². The Balaban J connectivity index is 1.33. The minimum absolute atomic E-state index is 0.0433. The second kappa shape index (κ2) is 9.17. The van der Waals surface area contributed by atoms with Crippen LogP contribution in [-0.2, 0) is 11.2 Å². The fourth-order valence-electron chi connectivity index (χ4n) is 4.24. The molecule has 0 saturated carbocycles. The second-order valence-corrected chi connectivity index (χ2v) is 8.56. The molecule has 3 heterocycles. The quantitative estimate of drug-likeness (QED) is 0.473. The molecule has 0 radical (unpaired) electrons. The van der Waals surface area contributed by atoms with Crippen molar-refractivity contribution in [2.24, 2.45) is 5.73 Å². The summed E-state index contributed by atoms with van der Waals surface area (Å²) in [5, 5.41) is 11.9. The summed E-state index contributed by atoms with van der Waals surface area (Å²) in [7, 11) is 0. The Hall–Kier alpha value is -3.49. The molecule has 1 fully saturated rings. The number of anilines is 1. The van der Waals surface area contributed by atoms with Gasteiger partial charge in [-0.15, -0.1) is 10.2 Å². The lowest BCUT2D eigenvalue weighted by molar-refractivity contribution is -0.132. The van der Waals surface area contributed by atoms with Gasteiger partial charge in [-0.3, -0.25) is 4.79 Å². The fraction of sp³-hybridized carbons (Fsp3) is 0.250. The molecule has 1 aliphatic rings. The van der Waals surface area contributed by atoms with Crippen molar-refractivity contribution in [2.75, 3.05) is 31.1 Å². The van der Waals surface area contributed by atoms with Gasteiger partial charge in [-0.25, -0.2) is 4.98 Å². The maximum atomic E-state index is 12.8. The van der Waals surface area contributed by atoms with E-state index in [-0.39, 0.29) is 5.91 Å². The van der Waals surface area contributed by atoms with Crippen LogP contribution in [-0.4, -0.2) is 63.2 Å². The standard InChI is InChI=1S/C24H24ClN7O/c25-17-7-5-16(6-8-17)22-19-3-1-2-4-20(19)23(30-29-22)31-9-11-32(12-10-31)24(33)21(26)13-18-14-27-15-28-18/h1-8,14-15,21H,9-13,26H2,(H,27,28)/t21-/m0/s1. The topological polar surface area (TPSA) is 104 Å². The Labute approximate surface area is 196 Å². The van der Waals surface area contributed by atoms with Crippen molar-refractivity contribution in [3.8, 4) is 11.3 Å². The van der Waals surface area contributed by atoms with Gasteiger partial charge in [0.15, 0.2) is 5.82 Å². The van der Waals surface area contributed by atoms with E-state index in [1.54, 1.807) is 12.5 Å². The van der Waals surface area contributed by atoms with E-state index in [1.165, 1.54) is 0 Å². The van der Waals surface area contributed by atoms with Crippen LogP contribution < -0.4 is 10.6 Å². The minimum Gasteiger partial charge on any atom is -0.351 e. The molecule has 0 unspecified atom stereocenters. The molecular formula is C24H24ClN7O. The van der Waals surface area contributed by atoms with Crippen LogP contribution >= 0.6 is 11.6 Å². The van der Waals surface area contributed by atoms with Crippen molar-refractivity contribution in [3.05, 3.63) is 71.8 Å². The number of H-pyrrole nitrogens is 1. The van der Waals surface area contributed by atoms with E-state index in [9.17, 15) is 4.79 Å². The lowest BCUT2D eigenvalue weighted by Gasteiger charge is -2.36. The number of aromatic amines is 1. The van der Waals surface area contributed by atoms with Gasteiger partial charge >= 0.3 is 0 Å². The zero-order valence-electron chi connectivity index (χ0n) is 18.0.